The van der Waals surface area contributed by atoms with E-state index in [9.17, 15) is 14.7 Å². The quantitative estimate of drug-likeness (QED) is 0.914. The van der Waals surface area contributed by atoms with Gasteiger partial charge >= 0.3 is 12.0 Å². The van der Waals surface area contributed by atoms with Gasteiger partial charge in [0.1, 0.15) is 5.54 Å². The molecular weight excluding hydrogens is 270 g/mol. The monoisotopic (exact) mass is 291 g/mol. The third-order valence-electron chi connectivity index (χ3n) is 4.14. The summed E-state index contributed by atoms with van der Waals surface area (Å²) in [6, 6.07) is 3.61. The zero-order valence-electron chi connectivity index (χ0n) is 12.5. The molecule has 0 saturated carbocycles. The van der Waals surface area contributed by atoms with Crippen LogP contribution in [0, 0.1) is 0 Å². The van der Waals surface area contributed by atoms with Crippen LogP contribution in [0.15, 0.2) is 24.5 Å². The van der Waals surface area contributed by atoms with Gasteiger partial charge in [-0.2, -0.15) is 0 Å². The first-order valence-corrected chi connectivity index (χ1v) is 7.10. The van der Waals surface area contributed by atoms with E-state index in [0.717, 1.165) is 18.4 Å². The van der Waals surface area contributed by atoms with Crippen molar-refractivity contribution in [2.75, 3.05) is 20.1 Å². The Morgan fingerprint density at radius 1 is 1.43 bits per heavy atom. The fourth-order valence-corrected chi connectivity index (χ4v) is 2.64. The largest absolute Gasteiger partial charge is 0.480 e. The Labute approximate surface area is 124 Å². The van der Waals surface area contributed by atoms with Crippen LogP contribution in [0.5, 0.6) is 0 Å². The van der Waals surface area contributed by atoms with E-state index in [1.165, 1.54) is 4.90 Å². The van der Waals surface area contributed by atoms with Crippen LogP contribution in [0.1, 0.15) is 25.3 Å². The van der Waals surface area contributed by atoms with E-state index in [1.54, 1.807) is 31.3 Å². The zero-order valence-corrected chi connectivity index (χ0v) is 12.5. The Kier molecular flexibility index (Phi) is 4.45. The van der Waals surface area contributed by atoms with Gasteiger partial charge in [-0.1, -0.05) is 0 Å². The predicted molar refractivity (Wildman–Crippen MR) is 77.9 cm³/mol. The fraction of sp³-hybridized carbons (Fsp3) is 0.533. The van der Waals surface area contributed by atoms with E-state index in [1.807, 2.05) is 12.1 Å². The molecular formula is C15H21N3O3. The topological polar surface area (TPSA) is 73.7 Å². The maximum Gasteiger partial charge on any atom is 0.329 e. The van der Waals surface area contributed by atoms with Crippen LogP contribution < -0.4 is 0 Å². The maximum absolute atomic E-state index is 12.5. The molecule has 1 N–H and O–H groups in total. The van der Waals surface area contributed by atoms with Crippen molar-refractivity contribution in [3.63, 3.8) is 0 Å². The number of aromatic nitrogens is 1. The molecule has 1 aliphatic heterocycles. The summed E-state index contributed by atoms with van der Waals surface area (Å²) in [7, 11) is 1.71. The molecule has 1 aromatic heterocycles. The van der Waals surface area contributed by atoms with Crippen molar-refractivity contribution >= 4 is 12.0 Å². The fourth-order valence-electron chi connectivity index (χ4n) is 2.64. The molecule has 1 aliphatic rings. The summed E-state index contributed by atoms with van der Waals surface area (Å²) in [6.07, 6.45) is 5.40. The van der Waals surface area contributed by atoms with Gasteiger partial charge in [-0.3, -0.25) is 4.98 Å². The highest BCUT2D eigenvalue weighted by molar-refractivity contribution is 5.86. The number of carboxylic acid groups (broad SMARTS) is 1. The number of carbonyl (C=O) groups excluding carboxylic acids is 1. The standard InChI is InChI=1S/C15H21N3O3/c1-15(13(19)20)7-3-10-18(15)14(21)17(2)11-6-12-4-8-16-9-5-12/h4-5,8-9H,3,6-7,10-11H2,1-2H3,(H,19,20). The van der Waals surface area contributed by atoms with E-state index in [-0.39, 0.29) is 6.03 Å². The smallest absolute Gasteiger partial charge is 0.329 e. The number of nitrogens with zero attached hydrogens (tertiary/aromatic N) is 3. The first kappa shape index (κ1) is 15.3. The van der Waals surface area contributed by atoms with Crippen LogP contribution in [-0.4, -0.2) is 57.6 Å². The Hall–Kier alpha value is -2.11. The van der Waals surface area contributed by atoms with Gasteiger partial charge in [-0.25, -0.2) is 9.59 Å². The second kappa shape index (κ2) is 6.11. The first-order valence-electron chi connectivity index (χ1n) is 7.10. The number of likely N-dealkylation sites (N-methyl/N-ethyl adjacent to an activating group) is 1. The van der Waals surface area contributed by atoms with Crippen LogP contribution in [0.4, 0.5) is 4.79 Å². The minimum atomic E-state index is -1.08. The summed E-state index contributed by atoms with van der Waals surface area (Å²) < 4.78 is 0. The summed E-state index contributed by atoms with van der Waals surface area (Å²) >= 11 is 0. The molecule has 1 atom stereocenters. The van der Waals surface area contributed by atoms with Crippen LogP contribution in [0.3, 0.4) is 0 Å². The molecule has 6 nitrogen and oxygen atoms in total. The minimum Gasteiger partial charge on any atom is -0.480 e. The van der Waals surface area contributed by atoms with Gasteiger partial charge in [0.2, 0.25) is 0 Å². The molecule has 21 heavy (non-hydrogen) atoms. The first-order chi connectivity index (χ1) is 9.95. The molecule has 2 rings (SSSR count). The molecule has 0 radical (unpaired) electrons. The Balaban J connectivity index is 1.97. The molecule has 2 heterocycles. The van der Waals surface area contributed by atoms with E-state index in [0.29, 0.717) is 19.5 Å². The van der Waals surface area contributed by atoms with Gasteiger partial charge < -0.3 is 14.9 Å². The number of hydrogen-bond donors (Lipinski definition) is 1. The summed E-state index contributed by atoms with van der Waals surface area (Å²) in [4.78, 5) is 30.9. The summed E-state index contributed by atoms with van der Waals surface area (Å²) in [5, 5.41) is 9.36. The lowest BCUT2D eigenvalue weighted by Crippen LogP contribution is -2.54. The third-order valence-corrected chi connectivity index (χ3v) is 4.14. The number of carboxylic acids is 1. The lowest BCUT2D eigenvalue weighted by Gasteiger charge is -2.34. The SMILES string of the molecule is CN(CCc1ccncc1)C(=O)N1CCCC1(C)C(=O)O. The van der Waals surface area contributed by atoms with Crippen molar-refractivity contribution < 1.29 is 14.7 Å². The van der Waals surface area contributed by atoms with Crippen molar-refractivity contribution in [3.05, 3.63) is 30.1 Å². The molecule has 6 heteroatoms. The highest BCUT2D eigenvalue weighted by Crippen LogP contribution is 2.30. The number of rotatable bonds is 4. The molecule has 114 valence electrons. The van der Waals surface area contributed by atoms with Crippen molar-refractivity contribution in [1.29, 1.82) is 0 Å². The molecule has 1 unspecified atom stereocenters. The lowest BCUT2D eigenvalue weighted by molar-refractivity contribution is -0.147. The molecule has 1 fully saturated rings. The maximum atomic E-state index is 12.5. The van der Waals surface area contributed by atoms with E-state index < -0.39 is 11.5 Å². The van der Waals surface area contributed by atoms with E-state index in [4.69, 9.17) is 0 Å². The van der Waals surface area contributed by atoms with Crippen LogP contribution in [0.25, 0.3) is 0 Å². The normalized spacial score (nSPS) is 21.3. The number of pyridine rings is 1. The number of amides is 2. The molecule has 1 saturated heterocycles. The van der Waals surface area contributed by atoms with Gasteiger partial charge in [0.25, 0.3) is 0 Å². The number of likely N-dealkylation sites (tertiary alicyclic amines) is 1. The summed E-state index contributed by atoms with van der Waals surface area (Å²) in [6.45, 7) is 2.67. The van der Waals surface area contributed by atoms with Crippen molar-refractivity contribution in [1.82, 2.24) is 14.8 Å². The highest BCUT2D eigenvalue weighted by Gasteiger charge is 2.46. The van der Waals surface area contributed by atoms with Crippen LogP contribution >= 0.6 is 0 Å². The van der Waals surface area contributed by atoms with Crippen molar-refractivity contribution in [2.45, 2.75) is 31.7 Å². The molecule has 0 bridgehead atoms. The highest BCUT2D eigenvalue weighted by atomic mass is 16.4. The van der Waals surface area contributed by atoms with Crippen molar-refractivity contribution in [2.24, 2.45) is 0 Å². The summed E-state index contributed by atoms with van der Waals surface area (Å²) in [5.41, 5.74) is 0.0224. The minimum absolute atomic E-state index is 0.216. The Morgan fingerprint density at radius 2 is 2.10 bits per heavy atom. The zero-order chi connectivity index (χ0) is 15.5. The van der Waals surface area contributed by atoms with Crippen LogP contribution in [0.2, 0.25) is 0 Å². The number of aliphatic carboxylic acids is 1. The third kappa shape index (κ3) is 3.15. The molecule has 0 aliphatic carbocycles. The molecule has 0 aromatic carbocycles. The second-order valence-corrected chi connectivity index (χ2v) is 5.64. The van der Waals surface area contributed by atoms with E-state index >= 15 is 0 Å². The van der Waals surface area contributed by atoms with E-state index in [2.05, 4.69) is 4.98 Å². The average molecular weight is 291 g/mol. The molecule has 1 aromatic rings. The van der Waals surface area contributed by atoms with Gasteiger partial charge in [-0.15, -0.1) is 0 Å². The van der Waals surface area contributed by atoms with Gasteiger partial charge in [-0.05, 0) is 43.9 Å². The average Bonchev–Trinajstić information content (AvgIpc) is 2.88. The lowest BCUT2D eigenvalue weighted by atomic mass is 10.00. The Bertz CT molecular complexity index is 520. The van der Waals surface area contributed by atoms with Gasteiger partial charge in [0.05, 0.1) is 0 Å². The van der Waals surface area contributed by atoms with Gasteiger partial charge in [0.15, 0.2) is 0 Å². The molecule has 0 spiro atoms. The second-order valence-electron chi connectivity index (χ2n) is 5.64. The van der Waals surface area contributed by atoms with Crippen molar-refractivity contribution in [3.8, 4) is 0 Å². The number of carbonyl (C=O) groups is 2. The number of hydrogen-bond acceptors (Lipinski definition) is 3. The summed E-state index contributed by atoms with van der Waals surface area (Å²) in [5.74, 6) is -0.934. The van der Waals surface area contributed by atoms with Gasteiger partial charge in [0, 0.05) is 32.5 Å². The predicted octanol–water partition coefficient (Wildman–Crippen LogP) is 1.62. The molecule has 2 amide bonds. The number of urea groups is 1. The Morgan fingerprint density at radius 3 is 2.71 bits per heavy atom. The van der Waals surface area contributed by atoms with Crippen LogP contribution in [-0.2, 0) is 11.2 Å².